The molecule has 5 nitrogen and oxygen atoms in total. The van der Waals surface area contributed by atoms with Crippen molar-refractivity contribution in [2.24, 2.45) is 0 Å². The number of anilines is 1. The van der Waals surface area contributed by atoms with E-state index in [0.717, 1.165) is 16.1 Å². The fourth-order valence-electron chi connectivity index (χ4n) is 1.99. The smallest absolute Gasteiger partial charge is 0.249 e. The topological polar surface area (TPSA) is 71.2 Å². The molecule has 1 aromatic carbocycles. The number of benzene rings is 1. The van der Waals surface area contributed by atoms with Crippen LogP contribution in [0.2, 0.25) is 0 Å². The first-order valence-corrected chi connectivity index (χ1v) is 7.48. The fraction of sp³-hybridized carbons (Fsp3) is 0.200. The zero-order chi connectivity index (χ0) is 14.7. The molecule has 0 spiro atoms. The largest absolute Gasteiger partial charge is 0.392 e. The van der Waals surface area contributed by atoms with Crippen LogP contribution in [0.3, 0.4) is 0 Å². The SMILES string of the molecule is CC(Nc1cccc(CO)c1)c1nc(-c2cccs2)no1. The van der Waals surface area contributed by atoms with Crippen LogP contribution in [0.4, 0.5) is 5.69 Å². The van der Waals surface area contributed by atoms with Crippen molar-refractivity contribution >= 4 is 17.0 Å². The summed E-state index contributed by atoms with van der Waals surface area (Å²) in [5, 5.41) is 18.4. The van der Waals surface area contributed by atoms with Gasteiger partial charge in [0, 0.05) is 5.69 Å². The van der Waals surface area contributed by atoms with E-state index in [1.165, 1.54) is 0 Å². The molecule has 0 aliphatic rings. The average Bonchev–Trinajstić information content (AvgIpc) is 3.18. The number of hydrogen-bond acceptors (Lipinski definition) is 6. The second-order valence-corrected chi connectivity index (χ2v) is 5.61. The molecule has 6 heteroatoms. The second-order valence-electron chi connectivity index (χ2n) is 4.66. The molecule has 0 amide bonds. The van der Waals surface area contributed by atoms with Crippen molar-refractivity contribution in [1.29, 1.82) is 0 Å². The molecule has 1 atom stereocenters. The highest BCUT2D eigenvalue weighted by molar-refractivity contribution is 7.13. The number of hydrogen-bond donors (Lipinski definition) is 2. The second kappa shape index (κ2) is 6.07. The van der Waals surface area contributed by atoms with E-state index >= 15 is 0 Å². The molecule has 2 aromatic heterocycles. The van der Waals surface area contributed by atoms with Gasteiger partial charge in [0.05, 0.1) is 11.5 Å². The minimum absolute atomic E-state index is 0.0208. The maximum atomic E-state index is 9.15. The molecule has 0 aliphatic carbocycles. The lowest BCUT2D eigenvalue weighted by Crippen LogP contribution is -2.07. The normalized spacial score (nSPS) is 12.3. The van der Waals surface area contributed by atoms with Crippen molar-refractivity contribution in [2.75, 3.05) is 5.32 Å². The highest BCUT2D eigenvalue weighted by atomic mass is 32.1. The van der Waals surface area contributed by atoms with E-state index in [1.54, 1.807) is 11.3 Å². The van der Waals surface area contributed by atoms with Crippen LogP contribution < -0.4 is 5.32 Å². The van der Waals surface area contributed by atoms with Gasteiger partial charge in [0.1, 0.15) is 6.04 Å². The summed E-state index contributed by atoms with van der Waals surface area (Å²) in [5.41, 5.74) is 1.77. The van der Waals surface area contributed by atoms with Crippen LogP contribution in [-0.2, 0) is 6.61 Å². The van der Waals surface area contributed by atoms with Gasteiger partial charge in [-0.15, -0.1) is 11.3 Å². The van der Waals surface area contributed by atoms with Crippen molar-refractivity contribution in [2.45, 2.75) is 19.6 Å². The molecule has 1 unspecified atom stereocenters. The maximum absolute atomic E-state index is 9.15. The number of rotatable bonds is 5. The van der Waals surface area contributed by atoms with Crippen LogP contribution in [0.15, 0.2) is 46.3 Å². The van der Waals surface area contributed by atoms with Gasteiger partial charge in [0.25, 0.3) is 0 Å². The number of aromatic nitrogens is 2. The van der Waals surface area contributed by atoms with Crippen molar-refractivity contribution in [3.63, 3.8) is 0 Å². The summed E-state index contributed by atoms with van der Waals surface area (Å²) in [7, 11) is 0. The number of aliphatic hydroxyl groups is 1. The Balaban J connectivity index is 1.74. The Labute approximate surface area is 126 Å². The monoisotopic (exact) mass is 301 g/mol. The summed E-state index contributed by atoms with van der Waals surface area (Å²) in [6, 6.07) is 11.4. The Hall–Kier alpha value is -2.18. The van der Waals surface area contributed by atoms with Crippen LogP contribution in [0, 0.1) is 0 Å². The molecule has 2 heterocycles. The Morgan fingerprint density at radius 1 is 1.33 bits per heavy atom. The third-order valence-electron chi connectivity index (χ3n) is 3.05. The van der Waals surface area contributed by atoms with E-state index in [4.69, 9.17) is 9.63 Å². The first kappa shape index (κ1) is 13.8. The summed E-state index contributed by atoms with van der Waals surface area (Å²) in [6.07, 6.45) is 0. The van der Waals surface area contributed by atoms with Crippen LogP contribution in [0.25, 0.3) is 10.7 Å². The third-order valence-corrected chi connectivity index (χ3v) is 3.91. The van der Waals surface area contributed by atoms with Gasteiger partial charge in [-0.2, -0.15) is 4.98 Å². The van der Waals surface area contributed by atoms with E-state index in [9.17, 15) is 0 Å². The van der Waals surface area contributed by atoms with Crippen LogP contribution in [0.1, 0.15) is 24.4 Å². The van der Waals surface area contributed by atoms with Crippen molar-refractivity contribution in [3.8, 4) is 10.7 Å². The summed E-state index contributed by atoms with van der Waals surface area (Å²) < 4.78 is 5.31. The van der Waals surface area contributed by atoms with Gasteiger partial charge >= 0.3 is 0 Å². The molecule has 0 saturated carbocycles. The Bertz CT molecular complexity index is 709. The van der Waals surface area contributed by atoms with E-state index < -0.39 is 0 Å². The number of nitrogens with zero attached hydrogens (tertiary/aromatic N) is 2. The van der Waals surface area contributed by atoms with Gasteiger partial charge in [-0.1, -0.05) is 23.4 Å². The number of thiophene rings is 1. The fourth-order valence-corrected chi connectivity index (χ4v) is 2.64. The van der Waals surface area contributed by atoms with Crippen molar-refractivity contribution in [3.05, 3.63) is 53.2 Å². The Morgan fingerprint density at radius 3 is 3.00 bits per heavy atom. The lowest BCUT2D eigenvalue weighted by atomic mass is 10.2. The van der Waals surface area contributed by atoms with Gasteiger partial charge in [0.2, 0.25) is 11.7 Å². The minimum atomic E-state index is -0.111. The molecule has 3 rings (SSSR count). The van der Waals surface area contributed by atoms with Gasteiger partial charge < -0.3 is 14.9 Å². The predicted octanol–water partition coefficient (Wildman–Crippen LogP) is 3.46. The summed E-state index contributed by atoms with van der Waals surface area (Å²) in [5.74, 6) is 1.14. The highest BCUT2D eigenvalue weighted by Gasteiger charge is 2.15. The molecule has 0 fully saturated rings. The number of nitrogens with one attached hydrogen (secondary N) is 1. The molecular weight excluding hydrogens is 286 g/mol. The first-order chi connectivity index (χ1) is 10.3. The zero-order valence-corrected chi connectivity index (χ0v) is 12.3. The molecular formula is C15H15N3O2S. The van der Waals surface area contributed by atoms with E-state index in [-0.39, 0.29) is 12.6 Å². The quantitative estimate of drug-likeness (QED) is 0.755. The summed E-state index contributed by atoms with van der Waals surface area (Å²) in [6.45, 7) is 1.98. The maximum Gasteiger partial charge on any atom is 0.249 e. The van der Waals surface area contributed by atoms with Crippen LogP contribution in [-0.4, -0.2) is 15.2 Å². The van der Waals surface area contributed by atoms with Crippen molar-refractivity contribution < 1.29 is 9.63 Å². The number of aliphatic hydroxyl groups excluding tert-OH is 1. The molecule has 0 radical (unpaired) electrons. The molecule has 2 N–H and O–H groups in total. The first-order valence-electron chi connectivity index (χ1n) is 6.60. The molecule has 0 bridgehead atoms. The predicted molar refractivity (Wildman–Crippen MR) is 82.0 cm³/mol. The summed E-state index contributed by atoms with van der Waals surface area (Å²) in [4.78, 5) is 5.40. The van der Waals surface area contributed by atoms with Crippen LogP contribution >= 0.6 is 11.3 Å². The van der Waals surface area contributed by atoms with Crippen molar-refractivity contribution in [1.82, 2.24) is 10.1 Å². The molecule has 3 aromatic rings. The van der Waals surface area contributed by atoms with Gasteiger partial charge in [-0.3, -0.25) is 0 Å². The Morgan fingerprint density at radius 2 is 2.24 bits per heavy atom. The zero-order valence-electron chi connectivity index (χ0n) is 11.5. The lowest BCUT2D eigenvalue weighted by Gasteiger charge is -2.11. The summed E-state index contributed by atoms with van der Waals surface area (Å²) >= 11 is 1.58. The standard InChI is InChI=1S/C15H15N3O2S/c1-10(16-12-5-2-4-11(8-12)9-19)15-17-14(18-20-15)13-6-3-7-21-13/h2-8,10,16,19H,9H2,1H3. The minimum Gasteiger partial charge on any atom is -0.392 e. The lowest BCUT2D eigenvalue weighted by molar-refractivity contribution is 0.282. The molecule has 0 aliphatic heterocycles. The van der Waals surface area contributed by atoms with Gasteiger partial charge in [-0.05, 0) is 36.1 Å². The third kappa shape index (κ3) is 3.12. The highest BCUT2D eigenvalue weighted by Crippen LogP contribution is 2.24. The molecule has 108 valence electrons. The van der Waals surface area contributed by atoms with Gasteiger partial charge in [-0.25, -0.2) is 0 Å². The molecule has 21 heavy (non-hydrogen) atoms. The van der Waals surface area contributed by atoms with E-state index in [0.29, 0.717) is 11.7 Å². The Kier molecular flexibility index (Phi) is 3.98. The van der Waals surface area contributed by atoms with E-state index in [2.05, 4.69) is 15.5 Å². The van der Waals surface area contributed by atoms with Gasteiger partial charge in [0.15, 0.2) is 0 Å². The van der Waals surface area contributed by atoms with E-state index in [1.807, 2.05) is 48.7 Å². The molecule has 0 saturated heterocycles. The van der Waals surface area contributed by atoms with Crippen LogP contribution in [0.5, 0.6) is 0 Å². The average molecular weight is 301 g/mol.